The Bertz CT molecular complexity index is 539. The Morgan fingerprint density at radius 3 is 2.67 bits per heavy atom. The van der Waals surface area contributed by atoms with Crippen LogP contribution in [0.2, 0.25) is 5.02 Å². The molecule has 1 rings (SSSR count). The van der Waals surface area contributed by atoms with Crippen molar-refractivity contribution in [3.8, 4) is 5.75 Å². The third-order valence-corrected chi connectivity index (χ3v) is 3.36. The lowest BCUT2D eigenvalue weighted by Gasteiger charge is -2.25. The van der Waals surface area contributed by atoms with Gasteiger partial charge in [0.25, 0.3) is 5.91 Å². The zero-order valence-corrected chi connectivity index (χ0v) is 13.8. The number of benzene rings is 1. The standard InChI is InChI=1S/C13H15BrClNO5/c1-13(7-20-2,12(18)19)16-11(17)6-21-10-4-3-8(14)5-9(10)15/h3-5H,6-7H2,1-2H3,(H,16,17)(H,18,19). The first-order chi connectivity index (χ1) is 9.78. The van der Waals surface area contributed by atoms with Crippen molar-refractivity contribution in [3.05, 3.63) is 27.7 Å². The molecule has 1 aromatic rings. The number of carbonyl (C=O) groups is 2. The van der Waals surface area contributed by atoms with Crippen LogP contribution in [-0.4, -0.2) is 42.8 Å². The number of ether oxygens (including phenoxy) is 2. The molecule has 1 atom stereocenters. The van der Waals surface area contributed by atoms with Crippen LogP contribution in [0.1, 0.15) is 6.92 Å². The maximum atomic E-state index is 11.8. The molecule has 116 valence electrons. The quantitative estimate of drug-likeness (QED) is 0.756. The number of hydrogen-bond donors (Lipinski definition) is 2. The highest BCUT2D eigenvalue weighted by molar-refractivity contribution is 9.10. The predicted octanol–water partition coefficient (Wildman–Crippen LogP) is 2.09. The molecule has 0 saturated carbocycles. The van der Waals surface area contributed by atoms with Crippen molar-refractivity contribution in [3.63, 3.8) is 0 Å². The molecule has 0 spiro atoms. The number of nitrogens with one attached hydrogen (secondary N) is 1. The summed E-state index contributed by atoms with van der Waals surface area (Å²) in [6.45, 7) is 0.838. The number of aliphatic carboxylic acids is 1. The first-order valence-corrected chi connectivity index (χ1v) is 7.07. The summed E-state index contributed by atoms with van der Waals surface area (Å²) in [6, 6.07) is 4.94. The Morgan fingerprint density at radius 2 is 2.14 bits per heavy atom. The van der Waals surface area contributed by atoms with Gasteiger partial charge in [-0.1, -0.05) is 27.5 Å². The molecule has 0 aliphatic heterocycles. The molecule has 0 aliphatic rings. The Labute approximate surface area is 135 Å². The van der Waals surface area contributed by atoms with Gasteiger partial charge in [-0.3, -0.25) is 4.79 Å². The average Bonchev–Trinajstić information content (AvgIpc) is 2.37. The second kappa shape index (κ2) is 7.63. The van der Waals surface area contributed by atoms with Gasteiger partial charge in [-0.05, 0) is 25.1 Å². The molecule has 0 saturated heterocycles. The summed E-state index contributed by atoms with van der Waals surface area (Å²) in [7, 11) is 1.35. The van der Waals surface area contributed by atoms with Gasteiger partial charge in [-0.2, -0.15) is 0 Å². The summed E-state index contributed by atoms with van der Waals surface area (Å²) < 4.78 is 10.8. The molecule has 21 heavy (non-hydrogen) atoms. The van der Waals surface area contributed by atoms with Crippen LogP contribution >= 0.6 is 27.5 Å². The molecule has 0 heterocycles. The number of amides is 1. The lowest BCUT2D eigenvalue weighted by Crippen LogP contribution is -2.56. The maximum absolute atomic E-state index is 11.8. The molecule has 1 amide bonds. The van der Waals surface area contributed by atoms with Crippen molar-refractivity contribution in [2.75, 3.05) is 20.3 Å². The fraction of sp³-hybridized carbons (Fsp3) is 0.385. The number of rotatable bonds is 7. The van der Waals surface area contributed by atoms with Crippen LogP contribution in [0.25, 0.3) is 0 Å². The van der Waals surface area contributed by atoms with Crippen LogP contribution < -0.4 is 10.1 Å². The molecule has 0 bridgehead atoms. The van der Waals surface area contributed by atoms with E-state index in [0.717, 1.165) is 4.47 Å². The van der Waals surface area contributed by atoms with Crippen LogP contribution in [-0.2, 0) is 14.3 Å². The molecule has 0 radical (unpaired) electrons. The van der Waals surface area contributed by atoms with E-state index in [2.05, 4.69) is 21.2 Å². The first kappa shape index (κ1) is 17.7. The highest BCUT2D eigenvalue weighted by atomic mass is 79.9. The van der Waals surface area contributed by atoms with E-state index >= 15 is 0 Å². The van der Waals surface area contributed by atoms with Gasteiger partial charge in [0, 0.05) is 11.6 Å². The Kier molecular flexibility index (Phi) is 6.44. The third-order valence-electron chi connectivity index (χ3n) is 2.57. The number of carboxylic acids is 1. The van der Waals surface area contributed by atoms with E-state index in [1.165, 1.54) is 14.0 Å². The number of carbonyl (C=O) groups excluding carboxylic acids is 1. The van der Waals surface area contributed by atoms with Gasteiger partial charge in [0.15, 0.2) is 12.1 Å². The van der Waals surface area contributed by atoms with Crippen molar-refractivity contribution < 1.29 is 24.2 Å². The van der Waals surface area contributed by atoms with E-state index in [1.54, 1.807) is 18.2 Å². The minimum Gasteiger partial charge on any atom is -0.482 e. The smallest absolute Gasteiger partial charge is 0.331 e. The molecule has 1 unspecified atom stereocenters. The molecule has 1 aromatic carbocycles. The fourth-order valence-electron chi connectivity index (χ4n) is 1.52. The lowest BCUT2D eigenvalue weighted by molar-refractivity contribution is -0.149. The zero-order valence-electron chi connectivity index (χ0n) is 11.5. The van der Waals surface area contributed by atoms with Crippen molar-refractivity contribution in [2.45, 2.75) is 12.5 Å². The topological polar surface area (TPSA) is 84.9 Å². The van der Waals surface area contributed by atoms with E-state index in [9.17, 15) is 9.59 Å². The van der Waals surface area contributed by atoms with E-state index in [-0.39, 0.29) is 13.2 Å². The van der Waals surface area contributed by atoms with Gasteiger partial charge in [0.2, 0.25) is 0 Å². The minimum atomic E-state index is -1.52. The monoisotopic (exact) mass is 379 g/mol. The fourth-order valence-corrected chi connectivity index (χ4v) is 2.25. The maximum Gasteiger partial charge on any atom is 0.331 e. The van der Waals surface area contributed by atoms with Gasteiger partial charge >= 0.3 is 5.97 Å². The summed E-state index contributed by atoms with van der Waals surface area (Å²) in [5.74, 6) is -1.45. The molecule has 8 heteroatoms. The Balaban J connectivity index is 2.63. The van der Waals surface area contributed by atoms with E-state index in [1.807, 2.05) is 0 Å². The van der Waals surface area contributed by atoms with Crippen LogP contribution in [0, 0.1) is 0 Å². The molecule has 6 nitrogen and oxygen atoms in total. The number of carboxylic acid groups (broad SMARTS) is 1. The van der Waals surface area contributed by atoms with Crippen LogP contribution in [0.15, 0.2) is 22.7 Å². The minimum absolute atomic E-state index is 0.160. The summed E-state index contributed by atoms with van der Waals surface area (Å²) in [6.07, 6.45) is 0. The molecule has 0 fully saturated rings. The van der Waals surface area contributed by atoms with Crippen molar-refractivity contribution in [1.29, 1.82) is 0 Å². The number of halogens is 2. The lowest BCUT2D eigenvalue weighted by atomic mass is 10.0. The molecule has 0 aliphatic carbocycles. The van der Waals surface area contributed by atoms with E-state index < -0.39 is 17.4 Å². The second-order valence-electron chi connectivity index (χ2n) is 4.48. The Morgan fingerprint density at radius 1 is 1.48 bits per heavy atom. The summed E-state index contributed by atoms with van der Waals surface area (Å²) in [5, 5.41) is 11.8. The van der Waals surface area contributed by atoms with Gasteiger partial charge in [-0.25, -0.2) is 4.79 Å². The van der Waals surface area contributed by atoms with Crippen LogP contribution in [0.4, 0.5) is 0 Å². The van der Waals surface area contributed by atoms with Crippen LogP contribution in [0.5, 0.6) is 5.75 Å². The van der Waals surface area contributed by atoms with Gasteiger partial charge in [0.05, 0.1) is 11.6 Å². The highest BCUT2D eigenvalue weighted by Gasteiger charge is 2.35. The number of hydrogen-bond acceptors (Lipinski definition) is 4. The summed E-state index contributed by atoms with van der Waals surface area (Å²) in [4.78, 5) is 22.9. The van der Waals surface area contributed by atoms with Gasteiger partial charge in [0.1, 0.15) is 5.75 Å². The molecule has 0 aromatic heterocycles. The normalized spacial score (nSPS) is 13.3. The van der Waals surface area contributed by atoms with Crippen molar-refractivity contribution in [2.24, 2.45) is 0 Å². The summed E-state index contributed by atoms with van der Waals surface area (Å²) >= 11 is 9.20. The number of methoxy groups -OCH3 is 1. The second-order valence-corrected chi connectivity index (χ2v) is 5.80. The van der Waals surface area contributed by atoms with Gasteiger partial charge < -0.3 is 19.9 Å². The molecular formula is C13H15BrClNO5. The van der Waals surface area contributed by atoms with Crippen molar-refractivity contribution >= 4 is 39.4 Å². The van der Waals surface area contributed by atoms with Gasteiger partial charge in [-0.15, -0.1) is 0 Å². The van der Waals surface area contributed by atoms with Crippen molar-refractivity contribution in [1.82, 2.24) is 5.32 Å². The van der Waals surface area contributed by atoms with E-state index in [0.29, 0.717) is 10.8 Å². The van der Waals surface area contributed by atoms with E-state index in [4.69, 9.17) is 26.2 Å². The average molecular weight is 381 g/mol. The predicted molar refractivity (Wildman–Crippen MR) is 80.7 cm³/mol. The molecular weight excluding hydrogens is 366 g/mol. The largest absolute Gasteiger partial charge is 0.482 e. The Hall–Kier alpha value is -1.31. The highest BCUT2D eigenvalue weighted by Crippen LogP contribution is 2.27. The zero-order chi connectivity index (χ0) is 16.0. The third kappa shape index (κ3) is 5.18. The SMILES string of the molecule is COCC(C)(NC(=O)COc1ccc(Br)cc1Cl)C(=O)O. The van der Waals surface area contributed by atoms with Crippen LogP contribution in [0.3, 0.4) is 0 Å². The summed E-state index contributed by atoms with van der Waals surface area (Å²) in [5.41, 5.74) is -1.52. The molecule has 2 N–H and O–H groups in total. The first-order valence-electron chi connectivity index (χ1n) is 5.89.